The van der Waals surface area contributed by atoms with Crippen LogP contribution in [0.4, 0.5) is 0 Å². The van der Waals surface area contributed by atoms with Gasteiger partial charge in [0.25, 0.3) is 0 Å². The molecule has 0 saturated carbocycles. The molecule has 1 heterocycles. The van der Waals surface area contributed by atoms with Gasteiger partial charge in [0.2, 0.25) is 0 Å². The van der Waals surface area contributed by atoms with Crippen LogP contribution in [0.3, 0.4) is 0 Å². The molecule has 19 heavy (non-hydrogen) atoms. The third-order valence-corrected chi connectivity index (χ3v) is 3.96. The molecule has 0 spiro atoms. The smallest absolute Gasteiger partial charge is 0.124 e. The van der Waals surface area contributed by atoms with E-state index in [2.05, 4.69) is 30.1 Å². The van der Waals surface area contributed by atoms with Crippen LogP contribution in [-0.2, 0) is 11.3 Å². The molecule has 1 aliphatic heterocycles. The number of likely N-dealkylation sites (tertiary alicyclic amines) is 1. The van der Waals surface area contributed by atoms with E-state index in [0.29, 0.717) is 18.6 Å². The second-order valence-electron chi connectivity index (χ2n) is 5.30. The second-order valence-corrected chi connectivity index (χ2v) is 5.30. The molecule has 4 nitrogen and oxygen atoms in total. The van der Waals surface area contributed by atoms with Gasteiger partial charge >= 0.3 is 0 Å². The van der Waals surface area contributed by atoms with Gasteiger partial charge in [-0.15, -0.1) is 0 Å². The van der Waals surface area contributed by atoms with Gasteiger partial charge in [0, 0.05) is 25.3 Å². The monoisotopic (exact) mass is 264 g/mol. The van der Waals surface area contributed by atoms with Crippen LogP contribution in [-0.4, -0.2) is 39.3 Å². The number of rotatable bonds is 5. The van der Waals surface area contributed by atoms with Crippen LogP contribution in [0, 0.1) is 5.92 Å². The summed E-state index contributed by atoms with van der Waals surface area (Å²) in [6.07, 6.45) is 1.12. The van der Waals surface area contributed by atoms with Gasteiger partial charge in [-0.25, -0.2) is 0 Å². The van der Waals surface area contributed by atoms with Crippen LogP contribution >= 0.6 is 0 Å². The highest BCUT2D eigenvalue weighted by Crippen LogP contribution is 2.35. The molecule has 2 N–H and O–H groups in total. The summed E-state index contributed by atoms with van der Waals surface area (Å²) >= 11 is 0. The Hall–Kier alpha value is -1.10. The highest BCUT2D eigenvalue weighted by atomic mass is 16.5. The third-order valence-electron chi connectivity index (χ3n) is 3.96. The Morgan fingerprint density at radius 2 is 2.16 bits per heavy atom. The predicted octanol–water partition coefficient (Wildman–Crippen LogP) is 1.79. The molecule has 1 fully saturated rings. The topological polar surface area (TPSA) is 47.7 Å². The molecule has 2 atom stereocenters. The molecule has 0 radical (unpaired) electrons. The molecule has 1 aromatic rings. The fraction of sp³-hybridized carbons (Fsp3) is 0.600. The zero-order valence-corrected chi connectivity index (χ0v) is 12.1. The minimum atomic E-state index is 0.444. The van der Waals surface area contributed by atoms with Crippen molar-refractivity contribution in [1.82, 2.24) is 4.90 Å². The summed E-state index contributed by atoms with van der Waals surface area (Å²) in [5, 5.41) is 0. The number of nitrogens with two attached hydrogens (primary N) is 1. The van der Waals surface area contributed by atoms with E-state index in [-0.39, 0.29) is 0 Å². The number of methoxy groups -OCH3 is 2. The average Bonchev–Trinajstić information content (AvgIpc) is 2.81. The van der Waals surface area contributed by atoms with E-state index in [1.54, 1.807) is 14.2 Å². The van der Waals surface area contributed by atoms with Gasteiger partial charge in [-0.2, -0.15) is 0 Å². The van der Waals surface area contributed by atoms with Gasteiger partial charge in [-0.1, -0.05) is 12.1 Å². The lowest BCUT2D eigenvalue weighted by Crippen LogP contribution is -2.20. The second kappa shape index (κ2) is 6.37. The predicted molar refractivity (Wildman–Crippen MR) is 76.2 cm³/mol. The summed E-state index contributed by atoms with van der Waals surface area (Å²) in [5.41, 5.74) is 8.18. The van der Waals surface area contributed by atoms with Crippen molar-refractivity contribution in [1.29, 1.82) is 0 Å². The zero-order chi connectivity index (χ0) is 13.8. The molecular weight excluding hydrogens is 240 g/mol. The van der Waals surface area contributed by atoms with Crippen LogP contribution in [0.25, 0.3) is 0 Å². The van der Waals surface area contributed by atoms with Gasteiger partial charge in [0.1, 0.15) is 5.75 Å². The molecule has 1 aromatic carbocycles. The molecule has 2 unspecified atom stereocenters. The van der Waals surface area contributed by atoms with Crippen molar-refractivity contribution in [3.05, 3.63) is 29.3 Å². The summed E-state index contributed by atoms with van der Waals surface area (Å²) in [6, 6.07) is 6.85. The maximum Gasteiger partial charge on any atom is 0.124 e. The lowest BCUT2D eigenvalue weighted by Gasteiger charge is -2.21. The van der Waals surface area contributed by atoms with E-state index >= 15 is 0 Å². The molecule has 4 heteroatoms. The quantitative estimate of drug-likeness (QED) is 0.881. The number of nitrogens with zero attached hydrogens (tertiary/aromatic N) is 1. The Labute approximate surface area is 115 Å². The molecule has 0 amide bonds. The Morgan fingerprint density at radius 1 is 1.37 bits per heavy atom. The third kappa shape index (κ3) is 3.08. The number of benzene rings is 1. The Bertz CT molecular complexity index is 423. The van der Waals surface area contributed by atoms with Crippen molar-refractivity contribution in [3.8, 4) is 5.75 Å². The molecule has 0 aliphatic carbocycles. The van der Waals surface area contributed by atoms with E-state index in [9.17, 15) is 0 Å². The molecular formula is C15H24N2O2. The van der Waals surface area contributed by atoms with Crippen LogP contribution in [0.15, 0.2) is 18.2 Å². The normalized spacial score (nSPS) is 23.8. The van der Waals surface area contributed by atoms with Gasteiger partial charge < -0.3 is 15.2 Å². The lowest BCUT2D eigenvalue weighted by atomic mass is 9.98. The first kappa shape index (κ1) is 14.3. The minimum Gasteiger partial charge on any atom is -0.496 e. The fourth-order valence-electron chi connectivity index (χ4n) is 2.91. The zero-order valence-electron chi connectivity index (χ0n) is 12.1. The first-order valence-corrected chi connectivity index (χ1v) is 6.75. The first-order valence-electron chi connectivity index (χ1n) is 6.75. The Morgan fingerprint density at radius 3 is 2.74 bits per heavy atom. The molecule has 0 bridgehead atoms. The number of hydrogen-bond acceptors (Lipinski definition) is 4. The summed E-state index contributed by atoms with van der Waals surface area (Å²) < 4.78 is 10.6. The van der Waals surface area contributed by atoms with Crippen LogP contribution in [0.5, 0.6) is 5.75 Å². The number of hydrogen-bond donors (Lipinski definition) is 1. The average molecular weight is 264 g/mol. The molecule has 2 rings (SSSR count). The van der Waals surface area contributed by atoms with E-state index in [1.165, 1.54) is 5.56 Å². The number of ether oxygens (including phenoxy) is 2. The van der Waals surface area contributed by atoms with E-state index < -0.39 is 0 Å². The van der Waals surface area contributed by atoms with Crippen molar-refractivity contribution < 1.29 is 9.47 Å². The van der Waals surface area contributed by atoms with Gasteiger partial charge in [0.05, 0.1) is 13.7 Å². The van der Waals surface area contributed by atoms with Crippen molar-refractivity contribution >= 4 is 0 Å². The lowest BCUT2D eigenvalue weighted by molar-refractivity contribution is 0.181. The standard InChI is InChI=1S/C15H24N2O2/c1-17-9-11(8-16)6-14(17)12-4-5-13(10-18-2)15(7-12)19-3/h4-5,7,11,14H,6,8-10,16H2,1-3H3. The fourth-order valence-corrected chi connectivity index (χ4v) is 2.91. The van der Waals surface area contributed by atoms with Crippen molar-refractivity contribution in [2.24, 2.45) is 11.7 Å². The van der Waals surface area contributed by atoms with Crippen molar-refractivity contribution in [3.63, 3.8) is 0 Å². The van der Waals surface area contributed by atoms with Gasteiger partial charge in [-0.3, -0.25) is 4.90 Å². The summed E-state index contributed by atoms with van der Waals surface area (Å²) in [6.45, 7) is 2.42. The van der Waals surface area contributed by atoms with Crippen LogP contribution < -0.4 is 10.5 Å². The van der Waals surface area contributed by atoms with Crippen LogP contribution in [0.1, 0.15) is 23.6 Å². The molecule has 106 valence electrons. The Kier molecular flexibility index (Phi) is 4.80. The van der Waals surface area contributed by atoms with Crippen molar-refractivity contribution in [2.45, 2.75) is 19.1 Å². The minimum absolute atomic E-state index is 0.444. The SMILES string of the molecule is COCc1ccc(C2CC(CN)CN2C)cc1OC. The summed E-state index contributed by atoms with van der Waals surface area (Å²) in [7, 11) is 5.57. The van der Waals surface area contributed by atoms with Crippen molar-refractivity contribution in [2.75, 3.05) is 34.4 Å². The van der Waals surface area contributed by atoms with E-state index in [0.717, 1.165) is 30.8 Å². The highest BCUT2D eigenvalue weighted by molar-refractivity contribution is 5.38. The van der Waals surface area contributed by atoms with E-state index in [4.69, 9.17) is 15.2 Å². The molecule has 0 aromatic heterocycles. The summed E-state index contributed by atoms with van der Waals surface area (Å²) in [4.78, 5) is 2.38. The Balaban J connectivity index is 2.21. The van der Waals surface area contributed by atoms with E-state index in [1.807, 2.05) is 0 Å². The maximum absolute atomic E-state index is 5.79. The van der Waals surface area contributed by atoms with Gasteiger partial charge in [0.15, 0.2) is 0 Å². The first-order chi connectivity index (χ1) is 9.19. The molecule has 1 aliphatic rings. The van der Waals surface area contributed by atoms with Gasteiger partial charge in [-0.05, 0) is 37.6 Å². The molecule has 1 saturated heterocycles. The summed E-state index contributed by atoms with van der Waals surface area (Å²) in [5.74, 6) is 1.50. The highest BCUT2D eigenvalue weighted by Gasteiger charge is 2.30. The largest absolute Gasteiger partial charge is 0.496 e. The van der Waals surface area contributed by atoms with Crippen LogP contribution in [0.2, 0.25) is 0 Å². The maximum atomic E-state index is 5.79.